The molecule has 3 rings (SSSR count). The SMILES string of the molecule is COCCNC(=O)C1CCCN(c2nnc(N3CCCCC3=O)s2)C1. The Labute approximate surface area is 151 Å². The fourth-order valence-electron chi connectivity index (χ4n) is 3.24. The minimum Gasteiger partial charge on any atom is -0.383 e. The van der Waals surface area contributed by atoms with Crippen LogP contribution in [0, 0.1) is 5.92 Å². The zero-order valence-corrected chi connectivity index (χ0v) is 15.4. The number of nitrogens with one attached hydrogen (secondary N) is 1. The van der Waals surface area contributed by atoms with E-state index in [4.69, 9.17) is 4.74 Å². The fourth-order valence-corrected chi connectivity index (χ4v) is 4.16. The van der Waals surface area contributed by atoms with Crippen molar-refractivity contribution in [2.45, 2.75) is 32.1 Å². The van der Waals surface area contributed by atoms with Crippen molar-refractivity contribution >= 4 is 33.4 Å². The van der Waals surface area contributed by atoms with Gasteiger partial charge in [0, 0.05) is 39.7 Å². The van der Waals surface area contributed by atoms with Crippen LogP contribution in [0.4, 0.5) is 10.3 Å². The van der Waals surface area contributed by atoms with E-state index in [0.717, 1.165) is 43.9 Å². The summed E-state index contributed by atoms with van der Waals surface area (Å²) in [5.74, 6) is 0.148. The van der Waals surface area contributed by atoms with Crippen molar-refractivity contribution in [1.29, 1.82) is 0 Å². The predicted molar refractivity (Wildman–Crippen MR) is 95.9 cm³/mol. The summed E-state index contributed by atoms with van der Waals surface area (Å²) in [6.07, 6.45) is 4.37. The largest absolute Gasteiger partial charge is 0.383 e. The Balaban J connectivity index is 1.60. The molecule has 3 heterocycles. The smallest absolute Gasteiger partial charge is 0.228 e. The molecule has 0 spiro atoms. The van der Waals surface area contributed by atoms with Crippen LogP contribution in [0.2, 0.25) is 0 Å². The molecule has 8 nitrogen and oxygen atoms in total. The Kier molecular flexibility index (Phi) is 6.19. The maximum Gasteiger partial charge on any atom is 0.228 e. The zero-order valence-electron chi connectivity index (χ0n) is 14.6. The van der Waals surface area contributed by atoms with E-state index in [-0.39, 0.29) is 17.7 Å². The highest BCUT2D eigenvalue weighted by Gasteiger charge is 2.29. The molecule has 0 aromatic carbocycles. The highest BCUT2D eigenvalue weighted by atomic mass is 32.1. The van der Waals surface area contributed by atoms with Crippen LogP contribution in [0.5, 0.6) is 0 Å². The zero-order chi connectivity index (χ0) is 17.6. The van der Waals surface area contributed by atoms with Crippen molar-refractivity contribution in [3.05, 3.63) is 0 Å². The Bertz CT molecular complexity index is 608. The number of methoxy groups -OCH3 is 1. The molecule has 2 aliphatic heterocycles. The Morgan fingerprint density at radius 1 is 1.28 bits per heavy atom. The fraction of sp³-hybridized carbons (Fsp3) is 0.750. The Hall–Kier alpha value is -1.74. The van der Waals surface area contributed by atoms with Gasteiger partial charge in [-0.3, -0.25) is 14.5 Å². The molecule has 2 saturated heterocycles. The van der Waals surface area contributed by atoms with Gasteiger partial charge in [-0.2, -0.15) is 0 Å². The second-order valence-corrected chi connectivity index (χ2v) is 7.37. The third-order valence-electron chi connectivity index (χ3n) is 4.63. The summed E-state index contributed by atoms with van der Waals surface area (Å²) >= 11 is 1.44. The van der Waals surface area contributed by atoms with E-state index in [9.17, 15) is 9.59 Å². The summed E-state index contributed by atoms with van der Waals surface area (Å²) in [7, 11) is 1.62. The van der Waals surface area contributed by atoms with Gasteiger partial charge in [0.1, 0.15) is 0 Å². The van der Waals surface area contributed by atoms with E-state index in [1.54, 1.807) is 12.0 Å². The minimum atomic E-state index is -0.0467. The van der Waals surface area contributed by atoms with E-state index in [1.165, 1.54) is 11.3 Å². The number of aromatic nitrogens is 2. The second-order valence-electron chi connectivity index (χ2n) is 6.44. The van der Waals surface area contributed by atoms with E-state index >= 15 is 0 Å². The number of carbonyl (C=O) groups excluding carboxylic acids is 2. The lowest BCUT2D eigenvalue weighted by Crippen LogP contribution is -2.43. The first-order valence-electron chi connectivity index (χ1n) is 8.84. The van der Waals surface area contributed by atoms with Crippen LogP contribution in [0.25, 0.3) is 0 Å². The van der Waals surface area contributed by atoms with Crippen molar-refractivity contribution in [2.75, 3.05) is 49.7 Å². The van der Waals surface area contributed by atoms with Gasteiger partial charge in [-0.15, -0.1) is 10.2 Å². The van der Waals surface area contributed by atoms with Gasteiger partial charge in [-0.1, -0.05) is 11.3 Å². The number of carbonyl (C=O) groups is 2. The number of amides is 2. The molecular formula is C16H25N5O3S. The molecule has 25 heavy (non-hydrogen) atoms. The quantitative estimate of drug-likeness (QED) is 0.756. The van der Waals surface area contributed by atoms with Crippen LogP contribution in [0.1, 0.15) is 32.1 Å². The average molecular weight is 367 g/mol. The molecule has 1 unspecified atom stereocenters. The number of piperidine rings is 2. The average Bonchev–Trinajstić information content (AvgIpc) is 3.12. The van der Waals surface area contributed by atoms with Crippen LogP contribution >= 0.6 is 11.3 Å². The molecule has 0 aliphatic carbocycles. The van der Waals surface area contributed by atoms with Gasteiger partial charge >= 0.3 is 0 Å². The van der Waals surface area contributed by atoms with Gasteiger partial charge < -0.3 is 15.0 Å². The number of hydrogen-bond donors (Lipinski definition) is 1. The van der Waals surface area contributed by atoms with Gasteiger partial charge in [0.05, 0.1) is 12.5 Å². The lowest BCUT2D eigenvalue weighted by atomic mass is 9.97. The molecular weight excluding hydrogens is 342 g/mol. The highest BCUT2D eigenvalue weighted by molar-refractivity contribution is 7.19. The summed E-state index contributed by atoms with van der Waals surface area (Å²) in [5.41, 5.74) is 0. The Morgan fingerprint density at radius 2 is 2.12 bits per heavy atom. The third kappa shape index (κ3) is 4.46. The normalized spacial score (nSPS) is 21.5. The van der Waals surface area contributed by atoms with Crippen molar-refractivity contribution in [3.8, 4) is 0 Å². The summed E-state index contributed by atoms with van der Waals surface area (Å²) in [6, 6.07) is 0. The highest BCUT2D eigenvalue weighted by Crippen LogP contribution is 2.31. The summed E-state index contributed by atoms with van der Waals surface area (Å²) < 4.78 is 4.97. The lowest BCUT2D eigenvalue weighted by molar-refractivity contribution is -0.125. The van der Waals surface area contributed by atoms with Gasteiger partial charge in [-0.25, -0.2) is 0 Å². The third-order valence-corrected chi connectivity index (χ3v) is 5.63. The molecule has 138 valence electrons. The number of rotatable bonds is 6. The van der Waals surface area contributed by atoms with E-state index in [2.05, 4.69) is 20.4 Å². The van der Waals surface area contributed by atoms with Crippen LogP contribution in [0.15, 0.2) is 0 Å². The topological polar surface area (TPSA) is 87.7 Å². The molecule has 0 radical (unpaired) electrons. The number of nitrogens with zero attached hydrogens (tertiary/aromatic N) is 4. The molecule has 2 aliphatic rings. The van der Waals surface area contributed by atoms with E-state index in [0.29, 0.717) is 31.2 Å². The maximum absolute atomic E-state index is 12.3. The van der Waals surface area contributed by atoms with Crippen LogP contribution < -0.4 is 15.1 Å². The first kappa shape index (κ1) is 18.1. The van der Waals surface area contributed by atoms with Gasteiger partial charge in [-0.05, 0) is 25.7 Å². The van der Waals surface area contributed by atoms with Gasteiger partial charge in [0.25, 0.3) is 0 Å². The first-order chi connectivity index (χ1) is 12.2. The van der Waals surface area contributed by atoms with Crippen molar-refractivity contribution in [3.63, 3.8) is 0 Å². The number of anilines is 2. The standard InChI is InChI=1S/C16H25N5O3S/c1-24-10-7-17-14(23)12-5-4-8-20(11-12)15-18-19-16(25-15)21-9-3-2-6-13(21)22/h12H,2-11H2,1H3,(H,17,23). The first-order valence-corrected chi connectivity index (χ1v) is 9.66. The molecule has 1 aromatic heterocycles. The molecule has 1 atom stereocenters. The predicted octanol–water partition coefficient (Wildman–Crippen LogP) is 1.03. The second kappa shape index (κ2) is 8.57. The van der Waals surface area contributed by atoms with Crippen molar-refractivity contribution in [2.24, 2.45) is 5.92 Å². The Morgan fingerprint density at radius 3 is 2.92 bits per heavy atom. The molecule has 1 N–H and O–H groups in total. The summed E-state index contributed by atoms with van der Waals surface area (Å²) in [6.45, 7) is 3.28. The molecule has 1 aromatic rings. The van der Waals surface area contributed by atoms with E-state index < -0.39 is 0 Å². The number of ether oxygens (including phenoxy) is 1. The molecule has 0 saturated carbocycles. The maximum atomic E-state index is 12.3. The monoisotopic (exact) mass is 367 g/mol. The molecule has 2 fully saturated rings. The van der Waals surface area contributed by atoms with Crippen LogP contribution in [-0.2, 0) is 14.3 Å². The summed E-state index contributed by atoms with van der Waals surface area (Å²) in [4.78, 5) is 28.2. The molecule has 9 heteroatoms. The molecule has 0 bridgehead atoms. The van der Waals surface area contributed by atoms with Crippen molar-refractivity contribution in [1.82, 2.24) is 15.5 Å². The van der Waals surface area contributed by atoms with Gasteiger partial charge in [0.15, 0.2) is 0 Å². The number of hydrogen-bond acceptors (Lipinski definition) is 7. The van der Waals surface area contributed by atoms with Crippen LogP contribution in [-0.4, -0.2) is 61.9 Å². The minimum absolute atomic E-state index is 0.0467. The van der Waals surface area contributed by atoms with Gasteiger partial charge in [0.2, 0.25) is 22.1 Å². The molecule has 2 amide bonds. The van der Waals surface area contributed by atoms with Crippen LogP contribution in [0.3, 0.4) is 0 Å². The van der Waals surface area contributed by atoms with E-state index in [1.807, 2.05) is 0 Å². The lowest BCUT2D eigenvalue weighted by Gasteiger charge is -2.31. The summed E-state index contributed by atoms with van der Waals surface area (Å²) in [5, 5.41) is 12.9. The van der Waals surface area contributed by atoms with Crippen molar-refractivity contribution < 1.29 is 14.3 Å².